The second-order valence-corrected chi connectivity index (χ2v) is 10.4. The molecule has 1 saturated heterocycles. The summed E-state index contributed by atoms with van der Waals surface area (Å²) in [4.78, 5) is 29.5. The first kappa shape index (κ1) is 30.7. The van der Waals surface area contributed by atoms with E-state index in [0.717, 1.165) is 30.9 Å². The number of rotatable bonds is 14. The van der Waals surface area contributed by atoms with Gasteiger partial charge in [-0.3, -0.25) is 14.5 Å². The summed E-state index contributed by atoms with van der Waals surface area (Å²) in [5.74, 6) is -1.78. The number of carbonyl (C=O) groups is 2. The molecule has 39 heavy (non-hydrogen) atoms. The number of aliphatic hydroxyl groups is 1. The van der Waals surface area contributed by atoms with E-state index in [9.17, 15) is 23.5 Å². The van der Waals surface area contributed by atoms with Crippen LogP contribution in [0.1, 0.15) is 50.3 Å². The van der Waals surface area contributed by atoms with Crippen LogP contribution in [0, 0.1) is 11.6 Å². The lowest BCUT2D eigenvalue weighted by atomic mass is 10.00. The molecule has 0 unspecified atom stereocenters. The number of hydrogen-bond donors (Lipinski definition) is 3. The highest BCUT2D eigenvalue weighted by atomic mass is 19.1. The van der Waals surface area contributed by atoms with Crippen molar-refractivity contribution in [2.45, 2.75) is 71.2 Å². The SMILES string of the molecule is CCCCN1CCN(CC(=O)N[C@@H](Cc2cc(F)cc(F)c2)[C@@H](O)CNCc2cccc(CC)c2)[C@H](C)C1=O. The second kappa shape index (κ2) is 15.1. The Morgan fingerprint density at radius 2 is 1.79 bits per heavy atom. The fraction of sp³-hybridized carbons (Fsp3) is 0.533. The fourth-order valence-corrected chi connectivity index (χ4v) is 4.93. The van der Waals surface area contributed by atoms with E-state index in [2.05, 4.69) is 36.6 Å². The minimum absolute atomic E-state index is 0.00524. The lowest BCUT2D eigenvalue weighted by Crippen LogP contribution is -2.59. The van der Waals surface area contributed by atoms with E-state index >= 15 is 0 Å². The molecule has 9 heteroatoms. The third-order valence-corrected chi connectivity index (χ3v) is 7.27. The number of hydrogen-bond acceptors (Lipinski definition) is 5. The molecule has 0 bridgehead atoms. The summed E-state index contributed by atoms with van der Waals surface area (Å²) in [6.45, 7) is 8.51. The molecular formula is C30H42F2N4O3. The molecule has 0 radical (unpaired) electrons. The summed E-state index contributed by atoms with van der Waals surface area (Å²) in [7, 11) is 0. The van der Waals surface area contributed by atoms with E-state index in [0.29, 0.717) is 31.7 Å². The average Bonchev–Trinajstić information content (AvgIpc) is 2.90. The van der Waals surface area contributed by atoms with Gasteiger partial charge in [0.2, 0.25) is 11.8 Å². The van der Waals surface area contributed by atoms with Crippen molar-refractivity contribution in [3.8, 4) is 0 Å². The van der Waals surface area contributed by atoms with Crippen molar-refractivity contribution in [3.63, 3.8) is 0 Å². The highest BCUT2D eigenvalue weighted by molar-refractivity contribution is 5.84. The molecule has 3 atom stereocenters. The highest BCUT2D eigenvalue weighted by Crippen LogP contribution is 2.14. The number of piperazine rings is 1. The summed E-state index contributed by atoms with van der Waals surface area (Å²) >= 11 is 0. The normalized spacial score (nSPS) is 17.7. The smallest absolute Gasteiger partial charge is 0.239 e. The lowest BCUT2D eigenvalue weighted by molar-refractivity contribution is -0.142. The van der Waals surface area contributed by atoms with E-state index in [-0.39, 0.29) is 31.3 Å². The van der Waals surface area contributed by atoms with Crippen molar-refractivity contribution in [1.82, 2.24) is 20.4 Å². The number of nitrogens with one attached hydrogen (secondary N) is 2. The van der Waals surface area contributed by atoms with E-state index < -0.39 is 29.8 Å². The van der Waals surface area contributed by atoms with Gasteiger partial charge in [-0.25, -0.2) is 8.78 Å². The van der Waals surface area contributed by atoms with Gasteiger partial charge in [-0.15, -0.1) is 0 Å². The monoisotopic (exact) mass is 544 g/mol. The van der Waals surface area contributed by atoms with Crippen LogP contribution >= 0.6 is 0 Å². The molecule has 1 aliphatic rings. The topological polar surface area (TPSA) is 84.9 Å². The van der Waals surface area contributed by atoms with Crippen molar-refractivity contribution < 1.29 is 23.5 Å². The molecule has 2 amide bonds. The Bertz CT molecular complexity index is 1080. The maximum absolute atomic E-state index is 13.8. The largest absolute Gasteiger partial charge is 0.390 e. The van der Waals surface area contributed by atoms with Gasteiger partial charge < -0.3 is 20.6 Å². The molecule has 7 nitrogen and oxygen atoms in total. The third kappa shape index (κ3) is 9.37. The maximum atomic E-state index is 13.8. The molecule has 0 aromatic heterocycles. The molecule has 1 fully saturated rings. The van der Waals surface area contributed by atoms with Crippen LogP contribution in [0.4, 0.5) is 8.78 Å². The Kier molecular flexibility index (Phi) is 11.8. The van der Waals surface area contributed by atoms with Crippen LogP contribution in [0.15, 0.2) is 42.5 Å². The molecule has 0 aliphatic carbocycles. The summed E-state index contributed by atoms with van der Waals surface area (Å²) in [6, 6.07) is 10.1. The van der Waals surface area contributed by atoms with Gasteiger partial charge in [0.15, 0.2) is 0 Å². The van der Waals surface area contributed by atoms with E-state index in [1.807, 2.05) is 21.9 Å². The van der Waals surface area contributed by atoms with E-state index in [4.69, 9.17) is 0 Å². The molecule has 1 aliphatic heterocycles. The molecule has 214 valence electrons. The Morgan fingerprint density at radius 3 is 2.49 bits per heavy atom. The van der Waals surface area contributed by atoms with Gasteiger partial charge in [0.05, 0.1) is 24.7 Å². The van der Waals surface area contributed by atoms with Crippen LogP contribution in [-0.4, -0.2) is 77.6 Å². The molecule has 1 heterocycles. The summed E-state index contributed by atoms with van der Waals surface area (Å²) in [6.07, 6.45) is 1.90. The zero-order chi connectivity index (χ0) is 28.4. The van der Waals surface area contributed by atoms with Gasteiger partial charge >= 0.3 is 0 Å². The number of aryl methyl sites for hydroxylation is 1. The quantitative estimate of drug-likeness (QED) is 0.341. The average molecular weight is 545 g/mol. The zero-order valence-electron chi connectivity index (χ0n) is 23.3. The van der Waals surface area contributed by atoms with Crippen LogP contribution in [0.3, 0.4) is 0 Å². The molecule has 3 N–H and O–H groups in total. The number of halogens is 2. The minimum Gasteiger partial charge on any atom is -0.390 e. The van der Waals surface area contributed by atoms with Crippen molar-refractivity contribution in [2.75, 3.05) is 32.7 Å². The zero-order valence-corrected chi connectivity index (χ0v) is 23.3. The molecule has 0 spiro atoms. The standard InChI is InChI=1S/C30H42F2N4O3/c1-4-6-10-35-11-12-36(21(3)30(35)39)20-29(38)34-27(16-24-14-25(31)17-26(32)15-24)28(37)19-33-18-23-9-7-8-22(5-2)13-23/h7-9,13-15,17,21,27-28,33,37H,4-6,10-12,16,18-20H2,1-3H3,(H,34,38)/t21-,27+,28+/m1/s1. The Balaban J connectivity index is 1.63. The highest BCUT2D eigenvalue weighted by Gasteiger charge is 2.32. The van der Waals surface area contributed by atoms with Gasteiger partial charge in [0, 0.05) is 38.8 Å². The van der Waals surface area contributed by atoms with E-state index in [1.54, 1.807) is 6.92 Å². The van der Waals surface area contributed by atoms with Crippen molar-refractivity contribution >= 4 is 11.8 Å². The number of nitrogens with zero attached hydrogens (tertiary/aromatic N) is 2. The number of unbranched alkanes of at least 4 members (excludes halogenated alkanes) is 1. The summed E-state index contributed by atoms with van der Waals surface area (Å²) < 4.78 is 27.7. The molecule has 0 saturated carbocycles. The molecular weight excluding hydrogens is 502 g/mol. The lowest BCUT2D eigenvalue weighted by Gasteiger charge is -2.39. The molecule has 3 rings (SSSR count). The minimum atomic E-state index is -1.01. The number of benzene rings is 2. The number of aliphatic hydroxyl groups excluding tert-OH is 1. The number of carbonyl (C=O) groups excluding carboxylic acids is 2. The Morgan fingerprint density at radius 1 is 1.08 bits per heavy atom. The predicted molar refractivity (Wildman–Crippen MR) is 148 cm³/mol. The van der Waals surface area contributed by atoms with Crippen LogP contribution in [-0.2, 0) is 29.0 Å². The number of amides is 2. The van der Waals surface area contributed by atoms with Gasteiger partial charge in [-0.1, -0.05) is 44.5 Å². The predicted octanol–water partition coefficient (Wildman–Crippen LogP) is 3.04. The first-order valence-electron chi connectivity index (χ1n) is 13.9. The second-order valence-electron chi connectivity index (χ2n) is 10.4. The van der Waals surface area contributed by atoms with Crippen molar-refractivity contribution in [1.29, 1.82) is 0 Å². The Labute approximate surface area is 230 Å². The van der Waals surface area contributed by atoms with Gasteiger partial charge in [0.1, 0.15) is 11.6 Å². The van der Waals surface area contributed by atoms with Gasteiger partial charge in [-0.05, 0) is 55.0 Å². The first-order chi connectivity index (χ1) is 18.7. The van der Waals surface area contributed by atoms with E-state index in [1.165, 1.54) is 17.7 Å². The van der Waals surface area contributed by atoms with Crippen LogP contribution in [0.5, 0.6) is 0 Å². The fourth-order valence-electron chi connectivity index (χ4n) is 4.93. The van der Waals surface area contributed by atoms with Crippen LogP contribution in [0.25, 0.3) is 0 Å². The Hall–Kier alpha value is -2.88. The van der Waals surface area contributed by atoms with Crippen LogP contribution < -0.4 is 10.6 Å². The summed E-state index contributed by atoms with van der Waals surface area (Å²) in [5, 5.41) is 17.1. The summed E-state index contributed by atoms with van der Waals surface area (Å²) in [5.41, 5.74) is 2.62. The molecule has 2 aromatic rings. The van der Waals surface area contributed by atoms with Crippen molar-refractivity contribution in [2.24, 2.45) is 0 Å². The third-order valence-electron chi connectivity index (χ3n) is 7.27. The molecule has 2 aromatic carbocycles. The van der Waals surface area contributed by atoms with Crippen LogP contribution in [0.2, 0.25) is 0 Å². The van der Waals surface area contributed by atoms with Gasteiger partial charge in [0.25, 0.3) is 0 Å². The van der Waals surface area contributed by atoms with Crippen molar-refractivity contribution in [3.05, 3.63) is 70.8 Å². The van der Waals surface area contributed by atoms with Gasteiger partial charge in [-0.2, -0.15) is 0 Å². The first-order valence-corrected chi connectivity index (χ1v) is 13.9. The maximum Gasteiger partial charge on any atom is 0.239 e.